The number of benzene rings is 1. The van der Waals surface area contributed by atoms with Gasteiger partial charge in [0.05, 0.1) is 11.3 Å². The molecule has 8 heteroatoms. The molecule has 1 saturated carbocycles. The largest absolute Gasteiger partial charge is 0.294 e. The van der Waals surface area contributed by atoms with Gasteiger partial charge in [-0.1, -0.05) is 38.8 Å². The van der Waals surface area contributed by atoms with E-state index < -0.39 is 0 Å². The van der Waals surface area contributed by atoms with Crippen molar-refractivity contribution in [3.05, 3.63) is 52.5 Å². The van der Waals surface area contributed by atoms with Gasteiger partial charge in [-0.15, -0.1) is 10.2 Å². The van der Waals surface area contributed by atoms with Crippen LogP contribution in [0.3, 0.4) is 0 Å². The van der Waals surface area contributed by atoms with E-state index in [1.807, 2.05) is 6.92 Å². The fourth-order valence-corrected chi connectivity index (χ4v) is 4.68. The van der Waals surface area contributed by atoms with Gasteiger partial charge in [0.2, 0.25) is 0 Å². The van der Waals surface area contributed by atoms with Gasteiger partial charge >= 0.3 is 0 Å². The normalized spacial score (nSPS) is 22.1. The minimum Gasteiger partial charge on any atom is -0.294 e. The number of rotatable bonds is 2. The molecular formula is C22H23FN6O. The number of fused-ring (bicyclic) bond motifs is 3. The van der Waals surface area contributed by atoms with E-state index in [0.717, 1.165) is 24.0 Å². The first-order valence-electron chi connectivity index (χ1n) is 10.3. The van der Waals surface area contributed by atoms with Crippen molar-refractivity contribution in [1.82, 2.24) is 29.4 Å². The van der Waals surface area contributed by atoms with Crippen LogP contribution in [0.25, 0.3) is 27.9 Å². The van der Waals surface area contributed by atoms with Gasteiger partial charge in [0.1, 0.15) is 12.1 Å². The van der Waals surface area contributed by atoms with Crippen LogP contribution in [0.4, 0.5) is 4.39 Å². The first-order valence-corrected chi connectivity index (χ1v) is 10.3. The Morgan fingerprint density at radius 2 is 1.83 bits per heavy atom. The summed E-state index contributed by atoms with van der Waals surface area (Å²) in [5.41, 5.74) is 3.16. The molecule has 0 spiro atoms. The molecule has 3 unspecified atom stereocenters. The summed E-state index contributed by atoms with van der Waals surface area (Å²) in [6.45, 7) is 6.29. The van der Waals surface area contributed by atoms with E-state index >= 15 is 0 Å². The number of hydrogen-bond acceptors (Lipinski definition) is 5. The molecule has 154 valence electrons. The van der Waals surface area contributed by atoms with Crippen molar-refractivity contribution in [1.29, 1.82) is 0 Å². The van der Waals surface area contributed by atoms with Crippen LogP contribution in [0.15, 0.2) is 35.4 Å². The van der Waals surface area contributed by atoms with Crippen LogP contribution in [0.2, 0.25) is 0 Å². The number of aromatic nitrogens is 6. The molecule has 3 heterocycles. The first-order chi connectivity index (χ1) is 14.5. The molecule has 3 aromatic heterocycles. The van der Waals surface area contributed by atoms with Crippen LogP contribution in [0.1, 0.15) is 44.8 Å². The minimum absolute atomic E-state index is 0.116. The molecule has 1 aliphatic rings. The highest BCUT2D eigenvalue weighted by atomic mass is 19.1. The molecule has 1 aliphatic carbocycles. The van der Waals surface area contributed by atoms with Crippen LogP contribution < -0.4 is 5.56 Å². The molecule has 5 rings (SSSR count). The highest BCUT2D eigenvalue weighted by Crippen LogP contribution is 2.37. The van der Waals surface area contributed by atoms with Gasteiger partial charge in [0.25, 0.3) is 5.56 Å². The number of halogens is 1. The average molecular weight is 406 g/mol. The smallest absolute Gasteiger partial charge is 0.283 e. The van der Waals surface area contributed by atoms with E-state index in [2.05, 4.69) is 34.1 Å². The molecule has 0 aliphatic heterocycles. The molecule has 0 saturated heterocycles. The summed E-state index contributed by atoms with van der Waals surface area (Å²) in [5, 5.41) is 13.1. The molecule has 0 N–H and O–H groups in total. The third kappa shape index (κ3) is 2.81. The Labute approximate surface area is 172 Å². The molecule has 0 amide bonds. The second-order valence-electron chi connectivity index (χ2n) is 8.37. The summed E-state index contributed by atoms with van der Waals surface area (Å²) in [6.07, 6.45) is 4.88. The number of hydrogen-bond donors (Lipinski definition) is 0. The Balaban J connectivity index is 1.68. The van der Waals surface area contributed by atoms with Crippen molar-refractivity contribution in [2.24, 2.45) is 11.8 Å². The number of nitrogens with zero attached hydrogens (tertiary/aromatic N) is 6. The van der Waals surface area contributed by atoms with Crippen LogP contribution in [-0.2, 0) is 0 Å². The zero-order valence-corrected chi connectivity index (χ0v) is 17.2. The highest BCUT2D eigenvalue weighted by molar-refractivity contribution is 5.83. The van der Waals surface area contributed by atoms with Gasteiger partial charge in [0.15, 0.2) is 16.8 Å². The lowest BCUT2D eigenvalue weighted by molar-refractivity contribution is 0.182. The topological polar surface area (TPSA) is 78.0 Å². The Kier molecular flexibility index (Phi) is 4.38. The quantitative estimate of drug-likeness (QED) is 0.504. The summed E-state index contributed by atoms with van der Waals surface area (Å²) in [5.74, 6) is 0.647. The van der Waals surface area contributed by atoms with Crippen LogP contribution >= 0.6 is 0 Å². The second-order valence-corrected chi connectivity index (χ2v) is 8.37. The highest BCUT2D eigenvalue weighted by Gasteiger charge is 2.30. The lowest BCUT2D eigenvalue weighted by Gasteiger charge is -2.34. The average Bonchev–Trinajstić information content (AvgIpc) is 3.08. The van der Waals surface area contributed by atoms with E-state index in [9.17, 15) is 9.18 Å². The van der Waals surface area contributed by atoms with Gasteiger partial charge in [-0.3, -0.25) is 9.36 Å². The SMILES string of the molecule is Cc1nn2c(nnc3c(=O)n(C4CCCC(C)C4C)cnc32)c1-c1ccc(F)cc1. The Bertz CT molecular complexity index is 1310. The predicted molar refractivity (Wildman–Crippen MR) is 112 cm³/mol. The van der Waals surface area contributed by atoms with Gasteiger partial charge in [0, 0.05) is 6.04 Å². The molecular weight excluding hydrogens is 383 g/mol. The van der Waals surface area contributed by atoms with Crippen molar-refractivity contribution in [3.63, 3.8) is 0 Å². The predicted octanol–water partition coefficient (Wildman–Crippen LogP) is 3.95. The maximum absolute atomic E-state index is 13.3. The van der Waals surface area contributed by atoms with Gasteiger partial charge in [-0.05, 0) is 42.9 Å². The molecule has 0 bridgehead atoms. The molecule has 7 nitrogen and oxygen atoms in total. The molecule has 3 atom stereocenters. The lowest BCUT2D eigenvalue weighted by Crippen LogP contribution is -2.34. The Morgan fingerprint density at radius 3 is 2.60 bits per heavy atom. The zero-order valence-electron chi connectivity index (χ0n) is 17.2. The standard InChI is InChI=1S/C22H23FN6O/c1-12-5-4-6-17(13(12)2)28-11-24-21-19(22(28)30)25-26-20-18(14(3)27-29(20)21)15-7-9-16(23)10-8-15/h7-13,17H,4-6H2,1-3H3. The summed E-state index contributed by atoms with van der Waals surface area (Å²) in [4.78, 5) is 17.8. The molecule has 4 aromatic rings. The van der Waals surface area contributed by atoms with Crippen LogP contribution in [0.5, 0.6) is 0 Å². The molecule has 30 heavy (non-hydrogen) atoms. The van der Waals surface area contributed by atoms with E-state index in [1.165, 1.54) is 18.6 Å². The Hall–Kier alpha value is -3.16. The van der Waals surface area contributed by atoms with Crippen molar-refractivity contribution in [2.75, 3.05) is 0 Å². The summed E-state index contributed by atoms with van der Waals surface area (Å²) >= 11 is 0. The van der Waals surface area contributed by atoms with Crippen molar-refractivity contribution < 1.29 is 4.39 Å². The number of aryl methyl sites for hydroxylation is 1. The van der Waals surface area contributed by atoms with E-state index in [4.69, 9.17) is 0 Å². The van der Waals surface area contributed by atoms with E-state index in [1.54, 1.807) is 27.5 Å². The minimum atomic E-state index is -0.308. The van der Waals surface area contributed by atoms with Crippen LogP contribution in [-0.4, -0.2) is 29.4 Å². The van der Waals surface area contributed by atoms with E-state index in [0.29, 0.717) is 28.8 Å². The molecule has 1 aromatic carbocycles. The maximum atomic E-state index is 13.3. The Morgan fingerprint density at radius 1 is 1.07 bits per heavy atom. The monoisotopic (exact) mass is 406 g/mol. The lowest BCUT2D eigenvalue weighted by atomic mass is 9.78. The fraction of sp³-hybridized carbons (Fsp3) is 0.409. The van der Waals surface area contributed by atoms with Crippen molar-refractivity contribution in [3.8, 4) is 11.1 Å². The molecule has 0 radical (unpaired) electrons. The van der Waals surface area contributed by atoms with Gasteiger partial charge in [-0.25, -0.2) is 9.37 Å². The van der Waals surface area contributed by atoms with Gasteiger partial charge < -0.3 is 0 Å². The zero-order chi connectivity index (χ0) is 21.0. The van der Waals surface area contributed by atoms with Crippen molar-refractivity contribution >= 4 is 16.8 Å². The van der Waals surface area contributed by atoms with E-state index in [-0.39, 0.29) is 22.9 Å². The first kappa shape index (κ1) is 18.8. The molecule has 1 fully saturated rings. The maximum Gasteiger partial charge on any atom is 0.283 e. The second kappa shape index (κ2) is 6.97. The van der Waals surface area contributed by atoms with Gasteiger partial charge in [-0.2, -0.15) is 9.61 Å². The summed E-state index contributed by atoms with van der Waals surface area (Å²) in [6, 6.07) is 6.28. The summed E-state index contributed by atoms with van der Waals surface area (Å²) in [7, 11) is 0. The van der Waals surface area contributed by atoms with Crippen LogP contribution in [0, 0.1) is 24.6 Å². The third-order valence-corrected chi connectivity index (χ3v) is 6.59. The van der Waals surface area contributed by atoms with Crippen molar-refractivity contribution in [2.45, 2.75) is 46.1 Å². The fourth-order valence-electron chi connectivity index (χ4n) is 4.68. The third-order valence-electron chi connectivity index (χ3n) is 6.59. The summed E-state index contributed by atoms with van der Waals surface area (Å²) < 4.78 is 16.6.